The number of thiazole rings is 1. The number of hydrogen-bond donors (Lipinski definition) is 2. The molecule has 0 spiro atoms. The fourth-order valence-corrected chi connectivity index (χ4v) is 5.12. The van der Waals surface area contributed by atoms with Crippen LogP contribution in [0.2, 0.25) is 0 Å². The normalized spacial score (nSPS) is 13.2. The Labute approximate surface area is 192 Å². The Morgan fingerprint density at radius 1 is 1.31 bits per heavy atom. The van der Waals surface area contributed by atoms with Gasteiger partial charge in [0.2, 0.25) is 5.91 Å². The van der Waals surface area contributed by atoms with Crippen molar-refractivity contribution in [3.05, 3.63) is 29.6 Å². The van der Waals surface area contributed by atoms with E-state index < -0.39 is 0 Å². The van der Waals surface area contributed by atoms with Gasteiger partial charge in [0.05, 0.1) is 22.0 Å². The highest BCUT2D eigenvalue weighted by molar-refractivity contribution is 7.19. The van der Waals surface area contributed by atoms with Crippen molar-refractivity contribution in [2.24, 2.45) is 0 Å². The number of nitrogens with two attached hydrogens (primary N) is 1. The average molecular weight is 454 g/mol. The number of rotatable bonds is 7. The number of aryl methyl sites for hydroxylation is 1. The Bertz CT molecular complexity index is 1100. The predicted octanol–water partition coefficient (Wildman–Crippen LogP) is 4.00. The zero-order chi connectivity index (χ0) is 22.8. The number of pyridine rings is 1. The zero-order valence-electron chi connectivity index (χ0n) is 19.2. The number of anilines is 2. The first kappa shape index (κ1) is 22.4. The smallest absolute Gasteiger partial charge is 0.226 e. The SMILES string of the molecule is CC(C)n1nc(-c2ccc(N)nc2)c2c1-c1sc(NC(=O)CCCN(C)C)nc1CCC2. The minimum atomic E-state index is 0.0157. The van der Waals surface area contributed by atoms with E-state index in [1.54, 1.807) is 17.5 Å². The van der Waals surface area contributed by atoms with E-state index in [1.165, 1.54) is 5.56 Å². The maximum atomic E-state index is 12.4. The van der Waals surface area contributed by atoms with Crippen molar-refractivity contribution in [1.82, 2.24) is 24.6 Å². The van der Waals surface area contributed by atoms with Crippen LogP contribution in [0.25, 0.3) is 21.8 Å². The third-order valence-corrected chi connectivity index (χ3v) is 6.59. The lowest BCUT2D eigenvalue weighted by atomic mass is 10.0. The number of carbonyl (C=O) groups excluding carboxylic acids is 1. The molecule has 0 atom stereocenters. The fraction of sp³-hybridized carbons (Fsp3) is 0.478. The molecular weight excluding hydrogens is 422 g/mol. The van der Waals surface area contributed by atoms with Crippen LogP contribution in [0.3, 0.4) is 0 Å². The van der Waals surface area contributed by atoms with Gasteiger partial charge in [0.25, 0.3) is 0 Å². The molecule has 170 valence electrons. The Morgan fingerprint density at radius 3 is 2.81 bits per heavy atom. The number of nitrogen functional groups attached to an aromatic ring is 1. The van der Waals surface area contributed by atoms with Gasteiger partial charge >= 0.3 is 0 Å². The quantitative estimate of drug-likeness (QED) is 0.561. The number of carbonyl (C=O) groups is 1. The second-order valence-corrected chi connectivity index (χ2v) is 9.79. The van der Waals surface area contributed by atoms with Gasteiger partial charge in [0.1, 0.15) is 5.82 Å². The minimum Gasteiger partial charge on any atom is -0.384 e. The van der Waals surface area contributed by atoms with Crippen LogP contribution in [-0.4, -0.2) is 51.2 Å². The average Bonchev–Trinajstić information content (AvgIpc) is 3.25. The Hall–Kier alpha value is -2.78. The maximum Gasteiger partial charge on any atom is 0.226 e. The van der Waals surface area contributed by atoms with E-state index in [1.807, 2.05) is 26.2 Å². The van der Waals surface area contributed by atoms with Crippen molar-refractivity contribution >= 4 is 28.2 Å². The summed E-state index contributed by atoms with van der Waals surface area (Å²) in [4.78, 5) is 24.7. The van der Waals surface area contributed by atoms with Gasteiger partial charge in [-0.1, -0.05) is 11.3 Å². The fourth-order valence-electron chi connectivity index (χ4n) is 4.03. The zero-order valence-corrected chi connectivity index (χ0v) is 20.0. The van der Waals surface area contributed by atoms with Crippen LogP contribution in [0.4, 0.5) is 10.9 Å². The summed E-state index contributed by atoms with van der Waals surface area (Å²) in [5.41, 5.74) is 11.1. The van der Waals surface area contributed by atoms with Gasteiger partial charge in [-0.25, -0.2) is 9.97 Å². The molecular formula is C23H31N7OS. The third-order valence-electron chi connectivity index (χ3n) is 5.57. The van der Waals surface area contributed by atoms with E-state index in [0.717, 1.165) is 59.8 Å². The Balaban J connectivity index is 1.68. The molecule has 0 unspecified atom stereocenters. The molecule has 0 aromatic carbocycles. The molecule has 1 aliphatic rings. The minimum absolute atomic E-state index is 0.0157. The van der Waals surface area contributed by atoms with Crippen LogP contribution in [0.15, 0.2) is 18.3 Å². The molecule has 0 saturated heterocycles. The summed E-state index contributed by atoms with van der Waals surface area (Å²) >= 11 is 1.55. The predicted molar refractivity (Wildman–Crippen MR) is 130 cm³/mol. The van der Waals surface area contributed by atoms with E-state index >= 15 is 0 Å². The second kappa shape index (κ2) is 9.38. The van der Waals surface area contributed by atoms with Crippen molar-refractivity contribution in [1.29, 1.82) is 0 Å². The number of amides is 1. The van der Waals surface area contributed by atoms with Crippen LogP contribution in [-0.2, 0) is 17.6 Å². The van der Waals surface area contributed by atoms with E-state index in [0.29, 0.717) is 17.4 Å². The maximum absolute atomic E-state index is 12.4. The summed E-state index contributed by atoms with van der Waals surface area (Å²) in [5, 5.41) is 8.67. The van der Waals surface area contributed by atoms with Gasteiger partial charge in [-0.15, -0.1) is 0 Å². The van der Waals surface area contributed by atoms with Crippen LogP contribution in [0, 0.1) is 0 Å². The summed E-state index contributed by atoms with van der Waals surface area (Å²) in [6.45, 7) is 5.16. The van der Waals surface area contributed by atoms with E-state index in [9.17, 15) is 4.79 Å². The first-order valence-corrected chi connectivity index (χ1v) is 11.9. The highest BCUT2D eigenvalue weighted by atomic mass is 32.1. The van der Waals surface area contributed by atoms with Crippen molar-refractivity contribution in [2.75, 3.05) is 31.7 Å². The standard InChI is InChI=1S/C23H31N7OS/c1-14(2)30-21-16(20(28-30)15-10-11-18(24)25-13-15)7-5-8-17-22(21)32-23(26-17)27-19(31)9-6-12-29(3)4/h10-11,13-14H,5-9,12H2,1-4H3,(H2,24,25)(H,26,27,31). The van der Waals surface area contributed by atoms with Crippen LogP contribution < -0.4 is 11.1 Å². The van der Waals surface area contributed by atoms with Gasteiger partial charge in [-0.2, -0.15) is 5.10 Å². The molecule has 3 heterocycles. The molecule has 3 N–H and O–H groups in total. The molecule has 0 saturated carbocycles. The summed E-state index contributed by atoms with van der Waals surface area (Å²) in [7, 11) is 4.03. The molecule has 9 heteroatoms. The highest BCUT2D eigenvalue weighted by Crippen LogP contribution is 2.43. The monoisotopic (exact) mass is 453 g/mol. The lowest BCUT2D eigenvalue weighted by Crippen LogP contribution is -2.17. The van der Waals surface area contributed by atoms with E-state index in [4.69, 9.17) is 15.8 Å². The van der Waals surface area contributed by atoms with Gasteiger partial charge in [0.15, 0.2) is 5.13 Å². The summed E-state index contributed by atoms with van der Waals surface area (Å²) in [6.07, 6.45) is 5.91. The van der Waals surface area contributed by atoms with Crippen LogP contribution >= 0.6 is 11.3 Å². The van der Waals surface area contributed by atoms with Crippen molar-refractivity contribution in [2.45, 2.75) is 52.0 Å². The molecule has 3 aromatic rings. The molecule has 3 aromatic heterocycles. The van der Waals surface area contributed by atoms with Crippen molar-refractivity contribution in [3.63, 3.8) is 0 Å². The molecule has 0 radical (unpaired) electrons. The van der Waals surface area contributed by atoms with Gasteiger partial charge in [-0.3, -0.25) is 9.48 Å². The molecule has 1 aliphatic carbocycles. The molecule has 0 aliphatic heterocycles. The summed E-state index contributed by atoms with van der Waals surface area (Å²) in [5.74, 6) is 0.515. The molecule has 4 rings (SSSR count). The number of fused-ring (bicyclic) bond motifs is 3. The lowest BCUT2D eigenvalue weighted by Gasteiger charge is -2.10. The number of hydrogen-bond acceptors (Lipinski definition) is 7. The lowest BCUT2D eigenvalue weighted by molar-refractivity contribution is -0.116. The Morgan fingerprint density at radius 2 is 2.12 bits per heavy atom. The molecule has 0 fully saturated rings. The summed E-state index contributed by atoms with van der Waals surface area (Å²) in [6, 6.07) is 3.99. The summed E-state index contributed by atoms with van der Waals surface area (Å²) < 4.78 is 2.09. The van der Waals surface area contributed by atoms with Gasteiger partial charge in [0, 0.05) is 29.8 Å². The van der Waals surface area contributed by atoms with Gasteiger partial charge < -0.3 is 16.0 Å². The van der Waals surface area contributed by atoms with E-state index in [2.05, 4.69) is 33.7 Å². The topological polar surface area (TPSA) is 102 Å². The number of aromatic nitrogens is 4. The molecule has 0 bridgehead atoms. The van der Waals surface area contributed by atoms with Crippen LogP contribution in [0.5, 0.6) is 0 Å². The first-order chi connectivity index (χ1) is 15.3. The third kappa shape index (κ3) is 4.68. The molecule has 8 nitrogen and oxygen atoms in total. The highest BCUT2D eigenvalue weighted by Gasteiger charge is 2.28. The molecule has 1 amide bonds. The van der Waals surface area contributed by atoms with E-state index in [-0.39, 0.29) is 11.9 Å². The first-order valence-electron chi connectivity index (χ1n) is 11.1. The number of nitrogens with one attached hydrogen (secondary N) is 1. The van der Waals surface area contributed by atoms with Gasteiger partial charge in [-0.05, 0) is 72.3 Å². The number of nitrogens with zero attached hydrogens (tertiary/aromatic N) is 5. The Kier molecular flexibility index (Phi) is 6.57. The van der Waals surface area contributed by atoms with Crippen molar-refractivity contribution in [3.8, 4) is 21.8 Å². The van der Waals surface area contributed by atoms with Crippen LogP contribution in [0.1, 0.15) is 50.4 Å². The molecule has 32 heavy (non-hydrogen) atoms. The van der Waals surface area contributed by atoms with Crippen molar-refractivity contribution < 1.29 is 4.79 Å². The second-order valence-electron chi connectivity index (χ2n) is 8.79. The largest absolute Gasteiger partial charge is 0.384 e.